The molecule has 3 rings (SSSR count). The van der Waals surface area contributed by atoms with Crippen LogP contribution in [-0.4, -0.2) is 16.2 Å². The summed E-state index contributed by atoms with van der Waals surface area (Å²) in [5.41, 5.74) is 3.00. The molecular formula is C18H18N4O2S. The van der Waals surface area contributed by atoms with Crippen LogP contribution in [0.4, 0.5) is 15.6 Å². The van der Waals surface area contributed by atoms with E-state index in [-0.39, 0.29) is 6.03 Å². The third-order valence-electron chi connectivity index (χ3n) is 3.28. The summed E-state index contributed by atoms with van der Waals surface area (Å²) in [6.45, 7) is 4.36. The highest BCUT2D eigenvalue weighted by Crippen LogP contribution is 2.20. The van der Waals surface area contributed by atoms with E-state index in [1.54, 1.807) is 0 Å². The Labute approximate surface area is 149 Å². The molecule has 0 saturated heterocycles. The van der Waals surface area contributed by atoms with Gasteiger partial charge in [0.15, 0.2) is 5.01 Å². The van der Waals surface area contributed by atoms with Crippen molar-refractivity contribution in [3.8, 4) is 5.75 Å². The van der Waals surface area contributed by atoms with Crippen LogP contribution in [0.2, 0.25) is 0 Å². The molecule has 3 aromatic rings. The van der Waals surface area contributed by atoms with Crippen molar-refractivity contribution in [3.05, 3.63) is 64.7 Å². The number of anilines is 2. The fourth-order valence-electron chi connectivity index (χ4n) is 2.30. The van der Waals surface area contributed by atoms with E-state index in [9.17, 15) is 4.79 Å². The first-order chi connectivity index (χ1) is 12.1. The van der Waals surface area contributed by atoms with E-state index in [1.165, 1.54) is 11.3 Å². The molecule has 7 heteroatoms. The fraction of sp³-hybridized carbons (Fsp3) is 0.167. The third kappa shape index (κ3) is 5.02. The topological polar surface area (TPSA) is 76.1 Å². The van der Waals surface area contributed by atoms with E-state index in [0.717, 1.165) is 16.9 Å². The van der Waals surface area contributed by atoms with Crippen molar-refractivity contribution in [1.82, 2.24) is 10.2 Å². The van der Waals surface area contributed by atoms with Crippen molar-refractivity contribution < 1.29 is 9.53 Å². The Hall–Kier alpha value is -2.93. The van der Waals surface area contributed by atoms with Crippen LogP contribution >= 0.6 is 11.3 Å². The number of benzene rings is 2. The molecule has 0 bridgehead atoms. The zero-order valence-electron chi connectivity index (χ0n) is 13.9. The van der Waals surface area contributed by atoms with Crippen LogP contribution in [0.25, 0.3) is 0 Å². The molecule has 0 atom stereocenters. The van der Waals surface area contributed by atoms with Crippen LogP contribution in [0.5, 0.6) is 5.75 Å². The van der Waals surface area contributed by atoms with Gasteiger partial charge < -0.3 is 10.1 Å². The number of ether oxygens (including phenoxy) is 1. The number of amides is 2. The van der Waals surface area contributed by atoms with Gasteiger partial charge in [0, 0.05) is 5.69 Å². The maximum absolute atomic E-state index is 11.9. The molecular weight excluding hydrogens is 336 g/mol. The number of carbonyl (C=O) groups excluding carboxylic acids is 1. The normalized spacial score (nSPS) is 10.3. The largest absolute Gasteiger partial charge is 0.486 e. The first-order valence-corrected chi connectivity index (χ1v) is 8.57. The van der Waals surface area contributed by atoms with Crippen LogP contribution in [0, 0.1) is 13.8 Å². The lowest BCUT2D eigenvalue weighted by Crippen LogP contribution is -2.19. The van der Waals surface area contributed by atoms with Gasteiger partial charge in [-0.25, -0.2) is 4.79 Å². The van der Waals surface area contributed by atoms with Crippen LogP contribution < -0.4 is 15.4 Å². The highest BCUT2D eigenvalue weighted by molar-refractivity contribution is 7.15. The summed E-state index contributed by atoms with van der Waals surface area (Å²) in [5, 5.41) is 14.5. The van der Waals surface area contributed by atoms with E-state index in [0.29, 0.717) is 22.4 Å². The summed E-state index contributed by atoms with van der Waals surface area (Å²) in [6.07, 6.45) is 0. The average molecular weight is 354 g/mol. The molecule has 0 spiro atoms. The number of nitrogens with zero attached hydrogens (tertiary/aromatic N) is 2. The minimum atomic E-state index is -0.357. The molecule has 2 N–H and O–H groups in total. The van der Waals surface area contributed by atoms with E-state index in [2.05, 4.69) is 26.9 Å². The second-order valence-corrected chi connectivity index (χ2v) is 6.62. The van der Waals surface area contributed by atoms with Gasteiger partial charge in [0.1, 0.15) is 12.4 Å². The second-order valence-electron chi connectivity index (χ2n) is 5.56. The number of carbonyl (C=O) groups is 1. The predicted molar refractivity (Wildman–Crippen MR) is 99.2 cm³/mol. The Kier molecular flexibility index (Phi) is 5.25. The number of urea groups is 1. The standard InChI is InChI=1S/C18H18N4O2S/c1-12-8-13(2)10-15(9-12)24-11-16-21-22-18(25-16)20-17(23)19-14-6-4-3-5-7-14/h3-10H,11H2,1-2H3,(H2,19,20,22,23). The van der Waals surface area contributed by atoms with Gasteiger partial charge in [-0.2, -0.15) is 0 Å². The molecule has 25 heavy (non-hydrogen) atoms. The number of rotatable bonds is 5. The summed E-state index contributed by atoms with van der Waals surface area (Å²) in [4.78, 5) is 11.9. The quantitative estimate of drug-likeness (QED) is 0.713. The van der Waals surface area contributed by atoms with Gasteiger partial charge in [-0.05, 0) is 49.2 Å². The predicted octanol–water partition coefficient (Wildman–Crippen LogP) is 4.38. The van der Waals surface area contributed by atoms with Crippen molar-refractivity contribution in [2.45, 2.75) is 20.5 Å². The lowest BCUT2D eigenvalue weighted by atomic mass is 10.1. The summed E-state index contributed by atoms with van der Waals surface area (Å²) in [6, 6.07) is 14.9. The summed E-state index contributed by atoms with van der Waals surface area (Å²) in [5.74, 6) is 0.795. The molecule has 0 aliphatic rings. The average Bonchev–Trinajstić information content (AvgIpc) is 3.00. The SMILES string of the molecule is Cc1cc(C)cc(OCc2nnc(NC(=O)Nc3ccccc3)s2)c1. The maximum atomic E-state index is 11.9. The number of aromatic nitrogens is 2. The molecule has 0 radical (unpaired) electrons. The molecule has 2 amide bonds. The molecule has 1 heterocycles. The maximum Gasteiger partial charge on any atom is 0.325 e. The second kappa shape index (κ2) is 7.76. The van der Waals surface area contributed by atoms with Gasteiger partial charge in [0.2, 0.25) is 5.13 Å². The Morgan fingerprint density at radius 1 is 1.04 bits per heavy atom. The Morgan fingerprint density at radius 2 is 1.76 bits per heavy atom. The van der Waals surface area contributed by atoms with Gasteiger partial charge in [-0.3, -0.25) is 5.32 Å². The molecule has 1 aromatic heterocycles. The lowest BCUT2D eigenvalue weighted by Gasteiger charge is -2.06. The molecule has 0 unspecified atom stereocenters. The number of aryl methyl sites for hydroxylation is 2. The van der Waals surface area contributed by atoms with E-state index in [1.807, 2.05) is 56.3 Å². The van der Waals surface area contributed by atoms with Crippen LogP contribution in [0.1, 0.15) is 16.1 Å². The monoisotopic (exact) mass is 354 g/mol. The van der Waals surface area contributed by atoms with Crippen LogP contribution in [-0.2, 0) is 6.61 Å². The molecule has 128 valence electrons. The molecule has 0 aliphatic carbocycles. The van der Waals surface area contributed by atoms with Crippen molar-refractivity contribution in [1.29, 1.82) is 0 Å². The minimum Gasteiger partial charge on any atom is -0.486 e. The summed E-state index contributed by atoms with van der Waals surface area (Å²) >= 11 is 1.28. The zero-order chi connectivity index (χ0) is 17.6. The number of hydrogen-bond acceptors (Lipinski definition) is 5. The van der Waals surface area contributed by atoms with Gasteiger partial charge in [-0.1, -0.05) is 35.6 Å². The molecule has 0 aliphatic heterocycles. The first kappa shape index (κ1) is 16.9. The number of para-hydroxylation sites is 1. The Bertz CT molecular complexity index is 844. The summed E-state index contributed by atoms with van der Waals surface area (Å²) in [7, 11) is 0. The lowest BCUT2D eigenvalue weighted by molar-refractivity contribution is 0.262. The van der Waals surface area contributed by atoms with Crippen LogP contribution in [0.15, 0.2) is 48.5 Å². The minimum absolute atomic E-state index is 0.308. The van der Waals surface area contributed by atoms with E-state index in [4.69, 9.17) is 4.74 Å². The zero-order valence-corrected chi connectivity index (χ0v) is 14.8. The third-order valence-corrected chi connectivity index (χ3v) is 4.09. The Balaban J connectivity index is 1.54. The first-order valence-electron chi connectivity index (χ1n) is 7.75. The fourth-order valence-corrected chi connectivity index (χ4v) is 2.95. The smallest absolute Gasteiger partial charge is 0.325 e. The molecule has 0 saturated carbocycles. The van der Waals surface area contributed by atoms with Gasteiger partial charge >= 0.3 is 6.03 Å². The van der Waals surface area contributed by atoms with Crippen molar-refractivity contribution in [2.24, 2.45) is 0 Å². The Morgan fingerprint density at radius 3 is 2.48 bits per heavy atom. The number of nitrogens with one attached hydrogen (secondary N) is 2. The van der Waals surface area contributed by atoms with Crippen molar-refractivity contribution in [2.75, 3.05) is 10.6 Å². The highest BCUT2D eigenvalue weighted by Gasteiger charge is 2.09. The highest BCUT2D eigenvalue weighted by atomic mass is 32.1. The molecule has 0 fully saturated rings. The van der Waals surface area contributed by atoms with E-state index >= 15 is 0 Å². The van der Waals surface area contributed by atoms with Gasteiger partial charge in [0.25, 0.3) is 0 Å². The van der Waals surface area contributed by atoms with Crippen molar-refractivity contribution >= 4 is 28.2 Å². The summed E-state index contributed by atoms with van der Waals surface area (Å²) < 4.78 is 5.75. The molecule has 6 nitrogen and oxygen atoms in total. The molecule has 2 aromatic carbocycles. The number of hydrogen-bond donors (Lipinski definition) is 2. The van der Waals surface area contributed by atoms with Crippen LogP contribution in [0.3, 0.4) is 0 Å². The van der Waals surface area contributed by atoms with E-state index < -0.39 is 0 Å². The van der Waals surface area contributed by atoms with Crippen molar-refractivity contribution in [3.63, 3.8) is 0 Å². The van der Waals surface area contributed by atoms with Gasteiger partial charge in [0.05, 0.1) is 0 Å². The van der Waals surface area contributed by atoms with Gasteiger partial charge in [-0.15, -0.1) is 10.2 Å².